The lowest BCUT2D eigenvalue weighted by Crippen LogP contribution is -2.41. The third-order valence-electron chi connectivity index (χ3n) is 4.47. The lowest BCUT2D eigenvalue weighted by molar-refractivity contribution is 0.0643. The molecule has 3 rings (SSSR count). The van der Waals surface area contributed by atoms with Gasteiger partial charge in [0.2, 0.25) is 0 Å². The monoisotopic (exact) mass is 283 g/mol. The van der Waals surface area contributed by atoms with Crippen LogP contribution in [-0.4, -0.2) is 21.9 Å². The fraction of sp³-hybridized carbons (Fsp3) is 0.353. The number of hydrogen-bond donors (Lipinski definition) is 1. The molecule has 1 aromatic heterocycles. The second-order valence-corrected chi connectivity index (χ2v) is 5.76. The molecule has 0 bridgehead atoms. The van der Waals surface area contributed by atoms with Gasteiger partial charge in [-0.3, -0.25) is 4.79 Å². The zero-order valence-electron chi connectivity index (χ0n) is 12.8. The van der Waals surface area contributed by atoms with Crippen molar-refractivity contribution in [2.75, 3.05) is 12.3 Å². The highest BCUT2D eigenvalue weighted by atomic mass is 16.2. The number of carbonyl (C=O) groups excluding carboxylic acids is 1. The van der Waals surface area contributed by atoms with Crippen LogP contribution in [0.1, 0.15) is 40.3 Å². The second kappa shape index (κ2) is 4.95. The van der Waals surface area contributed by atoms with Gasteiger partial charge >= 0.3 is 0 Å². The summed E-state index contributed by atoms with van der Waals surface area (Å²) in [5.41, 5.74) is 10.6. The quantitative estimate of drug-likeness (QED) is 0.818. The Morgan fingerprint density at radius 3 is 2.67 bits per heavy atom. The van der Waals surface area contributed by atoms with E-state index in [9.17, 15) is 4.79 Å². The molecule has 4 nitrogen and oxygen atoms in total. The largest absolute Gasteiger partial charge is 0.398 e. The predicted octanol–water partition coefficient (Wildman–Crippen LogP) is 2.90. The van der Waals surface area contributed by atoms with Crippen molar-refractivity contribution in [1.29, 1.82) is 0 Å². The molecule has 0 saturated heterocycles. The molecular weight excluding hydrogens is 262 g/mol. The fourth-order valence-corrected chi connectivity index (χ4v) is 3.22. The lowest BCUT2D eigenvalue weighted by Gasteiger charge is -2.36. The Hall–Kier alpha value is -2.23. The molecule has 0 spiro atoms. The molecule has 2 N–H and O–H groups in total. The Morgan fingerprint density at radius 1 is 1.19 bits per heavy atom. The highest BCUT2D eigenvalue weighted by molar-refractivity contribution is 6.00. The van der Waals surface area contributed by atoms with E-state index in [0.717, 1.165) is 18.7 Å². The van der Waals surface area contributed by atoms with Crippen molar-refractivity contribution >= 4 is 11.6 Å². The van der Waals surface area contributed by atoms with Crippen molar-refractivity contribution < 1.29 is 4.79 Å². The van der Waals surface area contributed by atoms with Crippen LogP contribution in [0.4, 0.5) is 5.69 Å². The number of aryl methyl sites for hydroxylation is 2. The molecule has 1 aromatic carbocycles. The molecule has 1 aliphatic heterocycles. The van der Waals surface area contributed by atoms with Crippen LogP contribution in [0.3, 0.4) is 0 Å². The minimum absolute atomic E-state index is 0.0307. The van der Waals surface area contributed by atoms with Crippen LogP contribution in [0.2, 0.25) is 0 Å². The van der Waals surface area contributed by atoms with Crippen LogP contribution in [0.15, 0.2) is 30.3 Å². The number of fused-ring (bicyclic) bond motifs is 1. The molecular formula is C17H21N3O. The lowest BCUT2D eigenvalue weighted by atomic mass is 10.0. The normalized spacial score (nSPS) is 17.7. The number of nitrogen functional groups attached to an aromatic ring is 1. The number of nitrogens with two attached hydrogens (primary N) is 1. The van der Waals surface area contributed by atoms with Crippen molar-refractivity contribution in [2.24, 2.45) is 0 Å². The van der Waals surface area contributed by atoms with Gasteiger partial charge < -0.3 is 15.2 Å². The van der Waals surface area contributed by atoms with Crippen LogP contribution in [-0.2, 0) is 6.54 Å². The van der Waals surface area contributed by atoms with Gasteiger partial charge in [0, 0.05) is 30.2 Å². The van der Waals surface area contributed by atoms with Crippen molar-refractivity contribution in [3.63, 3.8) is 0 Å². The van der Waals surface area contributed by atoms with Gasteiger partial charge in [-0.15, -0.1) is 0 Å². The number of carbonyl (C=O) groups is 1. The molecule has 0 saturated carbocycles. The maximum Gasteiger partial charge on any atom is 0.256 e. The van der Waals surface area contributed by atoms with Crippen LogP contribution in [0.25, 0.3) is 0 Å². The van der Waals surface area contributed by atoms with E-state index in [-0.39, 0.29) is 11.9 Å². The molecule has 4 heteroatoms. The Bertz CT molecular complexity index is 682. The van der Waals surface area contributed by atoms with Gasteiger partial charge in [-0.2, -0.15) is 0 Å². The molecule has 1 aliphatic rings. The van der Waals surface area contributed by atoms with E-state index < -0.39 is 0 Å². The first-order chi connectivity index (χ1) is 10.0. The first-order valence-corrected chi connectivity index (χ1v) is 7.33. The van der Waals surface area contributed by atoms with Gasteiger partial charge in [0.05, 0.1) is 11.6 Å². The van der Waals surface area contributed by atoms with Gasteiger partial charge in [0.25, 0.3) is 5.91 Å². The highest BCUT2D eigenvalue weighted by Gasteiger charge is 2.30. The summed E-state index contributed by atoms with van der Waals surface area (Å²) in [7, 11) is 0. The summed E-state index contributed by atoms with van der Waals surface area (Å²) in [4.78, 5) is 14.8. The fourth-order valence-electron chi connectivity index (χ4n) is 3.22. The first kappa shape index (κ1) is 13.7. The van der Waals surface area contributed by atoms with Crippen LogP contribution in [0, 0.1) is 13.8 Å². The molecule has 0 fully saturated rings. The van der Waals surface area contributed by atoms with E-state index in [0.29, 0.717) is 11.3 Å². The molecule has 2 aromatic rings. The van der Waals surface area contributed by atoms with Gasteiger partial charge in [-0.05, 0) is 44.5 Å². The number of aromatic nitrogens is 1. The second-order valence-electron chi connectivity index (χ2n) is 5.76. The van der Waals surface area contributed by atoms with Gasteiger partial charge in [0.15, 0.2) is 0 Å². The Morgan fingerprint density at radius 2 is 1.95 bits per heavy atom. The maximum absolute atomic E-state index is 12.9. The van der Waals surface area contributed by atoms with Crippen LogP contribution < -0.4 is 5.73 Å². The molecule has 1 unspecified atom stereocenters. The van der Waals surface area contributed by atoms with E-state index in [2.05, 4.69) is 30.5 Å². The van der Waals surface area contributed by atoms with Crippen LogP contribution in [0.5, 0.6) is 0 Å². The highest BCUT2D eigenvalue weighted by Crippen LogP contribution is 2.30. The Labute approximate surface area is 125 Å². The van der Waals surface area contributed by atoms with Gasteiger partial charge in [0.1, 0.15) is 0 Å². The molecule has 21 heavy (non-hydrogen) atoms. The number of benzene rings is 1. The third-order valence-corrected chi connectivity index (χ3v) is 4.47. The van der Waals surface area contributed by atoms with E-state index in [1.807, 2.05) is 24.0 Å². The minimum atomic E-state index is 0.0307. The number of nitrogens with zero attached hydrogens (tertiary/aromatic N) is 2. The van der Waals surface area contributed by atoms with Crippen molar-refractivity contribution in [2.45, 2.75) is 33.4 Å². The molecule has 2 heterocycles. The van der Waals surface area contributed by atoms with E-state index in [4.69, 9.17) is 5.73 Å². The number of amides is 1. The topological polar surface area (TPSA) is 51.3 Å². The molecule has 0 aliphatic carbocycles. The number of rotatable bonds is 1. The predicted molar refractivity (Wildman–Crippen MR) is 84.2 cm³/mol. The number of anilines is 1. The summed E-state index contributed by atoms with van der Waals surface area (Å²) in [5.74, 6) is 0.0307. The minimum Gasteiger partial charge on any atom is -0.398 e. The van der Waals surface area contributed by atoms with E-state index >= 15 is 0 Å². The van der Waals surface area contributed by atoms with Crippen LogP contribution >= 0.6 is 0 Å². The Balaban J connectivity index is 1.97. The smallest absolute Gasteiger partial charge is 0.256 e. The summed E-state index contributed by atoms with van der Waals surface area (Å²) in [5, 5.41) is 0. The van der Waals surface area contributed by atoms with Gasteiger partial charge in [-0.1, -0.05) is 12.1 Å². The molecule has 1 amide bonds. The summed E-state index contributed by atoms with van der Waals surface area (Å²) < 4.78 is 2.29. The van der Waals surface area contributed by atoms with Crippen molar-refractivity contribution in [3.8, 4) is 0 Å². The number of hydrogen-bond acceptors (Lipinski definition) is 2. The summed E-state index contributed by atoms with van der Waals surface area (Å²) >= 11 is 0. The van der Waals surface area contributed by atoms with Gasteiger partial charge in [-0.25, -0.2) is 0 Å². The molecule has 0 radical (unpaired) electrons. The van der Waals surface area contributed by atoms with E-state index in [1.54, 1.807) is 6.07 Å². The average Bonchev–Trinajstić information content (AvgIpc) is 2.81. The zero-order valence-corrected chi connectivity index (χ0v) is 12.8. The summed E-state index contributed by atoms with van der Waals surface area (Å²) in [6, 6.07) is 9.91. The molecule has 1 atom stereocenters. The average molecular weight is 283 g/mol. The third kappa shape index (κ3) is 2.11. The summed E-state index contributed by atoms with van der Waals surface area (Å²) in [6.07, 6.45) is 0. The SMILES string of the molecule is Cc1cccc(N)c1C(=O)N1CCn2c(C)ccc2C1C. The van der Waals surface area contributed by atoms with Crippen molar-refractivity contribution in [1.82, 2.24) is 9.47 Å². The Kier molecular flexibility index (Phi) is 3.24. The van der Waals surface area contributed by atoms with E-state index in [1.165, 1.54) is 11.4 Å². The van der Waals surface area contributed by atoms with Crippen molar-refractivity contribution in [3.05, 3.63) is 52.8 Å². The zero-order chi connectivity index (χ0) is 15.1. The summed E-state index contributed by atoms with van der Waals surface area (Å²) in [6.45, 7) is 7.68. The maximum atomic E-state index is 12.9. The first-order valence-electron chi connectivity index (χ1n) is 7.33. The standard InChI is InChI=1S/C17H21N3O/c1-11-5-4-6-14(18)16(11)17(21)20-10-9-19-12(2)7-8-15(19)13(20)3/h4-8,13H,9-10,18H2,1-3H3. The molecule has 110 valence electrons.